The minimum absolute atomic E-state index is 0. The van der Waals surface area contributed by atoms with E-state index in [1.807, 2.05) is 45.9 Å². The monoisotopic (exact) mass is 839 g/mol. The van der Waals surface area contributed by atoms with Crippen molar-refractivity contribution in [2.24, 2.45) is 17.8 Å². The van der Waals surface area contributed by atoms with Crippen molar-refractivity contribution in [3.8, 4) is 22.6 Å². The maximum atomic E-state index is 11.7. The number of allylic oxidation sites excluding steroid dienone is 2. The van der Waals surface area contributed by atoms with Crippen molar-refractivity contribution in [2.75, 3.05) is 0 Å². The molecule has 0 atom stereocenters. The van der Waals surface area contributed by atoms with Gasteiger partial charge in [-0.3, -0.25) is 9.78 Å². The van der Waals surface area contributed by atoms with Crippen LogP contribution in [0.4, 0.5) is 0 Å². The fraction of sp³-hybridized carbons (Fsp3) is 0.429. The summed E-state index contributed by atoms with van der Waals surface area (Å²) < 4.78 is 6.00. The van der Waals surface area contributed by atoms with Crippen LogP contribution in [0.15, 0.2) is 77.2 Å². The Morgan fingerprint density at radius 3 is 2.16 bits per heavy atom. The summed E-state index contributed by atoms with van der Waals surface area (Å²) in [4.78, 5) is 25.5. The van der Waals surface area contributed by atoms with E-state index < -0.39 is 0 Å². The second-order valence-corrected chi connectivity index (χ2v) is 14.1. The van der Waals surface area contributed by atoms with E-state index in [1.165, 1.54) is 17.0 Å². The zero-order valence-electron chi connectivity index (χ0n) is 30.6. The number of carbonyl (C=O) groups excluding carboxylic acids is 1. The van der Waals surface area contributed by atoms with Gasteiger partial charge in [-0.05, 0) is 61.3 Å². The van der Waals surface area contributed by atoms with Crippen LogP contribution in [0.1, 0.15) is 99.3 Å². The Hall–Kier alpha value is -3.67. The zero-order chi connectivity index (χ0) is 35.0. The van der Waals surface area contributed by atoms with E-state index in [2.05, 4.69) is 87.1 Å². The van der Waals surface area contributed by atoms with E-state index in [4.69, 9.17) is 9.40 Å². The molecule has 0 unspecified atom stereocenters. The fourth-order valence-corrected chi connectivity index (χ4v) is 6.03. The predicted molar refractivity (Wildman–Crippen MR) is 198 cm³/mol. The third-order valence-electron chi connectivity index (χ3n) is 8.91. The minimum atomic E-state index is -0.00111. The second kappa shape index (κ2) is 17.8. The molecule has 1 N–H and O–H groups in total. The van der Waals surface area contributed by atoms with Gasteiger partial charge >= 0.3 is 0 Å². The summed E-state index contributed by atoms with van der Waals surface area (Å²) in [6, 6.07) is 22.3. The molecule has 2 aromatic carbocycles. The summed E-state index contributed by atoms with van der Waals surface area (Å²) in [7, 11) is 0. The number of aromatic nitrogens is 3. The van der Waals surface area contributed by atoms with Gasteiger partial charge in [0.15, 0.2) is 5.78 Å². The van der Waals surface area contributed by atoms with Gasteiger partial charge in [-0.1, -0.05) is 91.5 Å². The number of fused-ring (bicyclic) bond motifs is 2. The summed E-state index contributed by atoms with van der Waals surface area (Å²) in [5, 5.41) is 13.1. The maximum absolute atomic E-state index is 11.7. The van der Waals surface area contributed by atoms with Gasteiger partial charge in [0, 0.05) is 55.5 Å². The fourth-order valence-electron chi connectivity index (χ4n) is 6.03. The smallest absolute Gasteiger partial charge is 0.226 e. The van der Waals surface area contributed by atoms with Crippen LogP contribution in [0.2, 0.25) is 0 Å². The number of carbonyl (C=O) groups is 1. The maximum Gasteiger partial charge on any atom is 0.226 e. The number of aliphatic hydroxyl groups excluding tert-OH is 1. The van der Waals surface area contributed by atoms with Gasteiger partial charge in [0.05, 0.1) is 17.1 Å². The molecule has 0 aliphatic rings. The van der Waals surface area contributed by atoms with Crippen LogP contribution in [0, 0.1) is 23.8 Å². The number of aliphatic hydroxyl groups is 1. The average molecular weight is 839 g/mol. The van der Waals surface area contributed by atoms with Gasteiger partial charge in [0.2, 0.25) is 5.71 Å². The normalized spacial score (nSPS) is 12.0. The first-order valence-electron chi connectivity index (χ1n) is 17.5. The first-order valence-corrected chi connectivity index (χ1v) is 17.5. The van der Waals surface area contributed by atoms with Gasteiger partial charge in [-0.15, -0.1) is 29.1 Å². The quantitative estimate of drug-likeness (QED) is 0.0810. The minimum Gasteiger partial charge on any atom is -0.512 e. The topological polar surface area (TPSA) is 89.1 Å². The second-order valence-electron chi connectivity index (χ2n) is 14.1. The Labute approximate surface area is 306 Å². The molecule has 0 bridgehead atoms. The third-order valence-corrected chi connectivity index (χ3v) is 8.91. The summed E-state index contributed by atoms with van der Waals surface area (Å²) in [5.41, 5.74) is 5.25. The van der Waals surface area contributed by atoms with Gasteiger partial charge in [-0.25, -0.2) is 9.97 Å². The summed E-state index contributed by atoms with van der Waals surface area (Å²) in [5.74, 6) is 2.05. The van der Waals surface area contributed by atoms with Crippen LogP contribution in [-0.4, -0.2) is 25.8 Å². The van der Waals surface area contributed by atoms with Crippen molar-refractivity contribution in [1.82, 2.24) is 15.0 Å². The first kappa shape index (κ1) is 39.8. The Balaban J connectivity index is 0.000000347. The zero-order valence-corrected chi connectivity index (χ0v) is 33.0. The van der Waals surface area contributed by atoms with Gasteiger partial charge in [0.25, 0.3) is 0 Å². The molecule has 3 aromatic heterocycles. The third kappa shape index (κ3) is 10.2. The molecule has 5 aromatic rings. The molecule has 3 heterocycles. The molecule has 0 saturated carbocycles. The average Bonchev–Trinajstić information content (AvgIpc) is 3.46. The van der Waals surface area contributed by atoms with E-state index in [-0.39, 0.29) is 48.9 Å². The van der Waals surface area contributed by atoms with Crippen molar-refractivity contribution < 1.29 is 34.4 Å². The molecule has 0 fully saturated rings. The summed E-state index contributed by atoms with van der Waals surface area (Å²) >= 11 is 0. The number of nitrogens with zero attached hydrogens (tertiary/aromatic N) is 3. The van der Waals surface area contributed by atoms with E-state index >= 15 is 0 Å². The molecule has 49 heavy (non-hydrogen) atoms. The Morgan fingerprint density at radius 1 is 0.878 bits per heavy atom. The van der Waals surface area contributed by atoms with E-state index in [9.17, 15) is 9.90 Å². The first-order chi connectivity index (χ1) is 22.9. The van der Waals surface area contributed by atoms with Crippen LogP contribution in [0.3, 0.4) is 0 Å². The van der Waals surface area contributed by atoms with Gasteiger partial charge in [0.1, 0.15) is 12.1 Å². The van der Waals surface area contributed by atoms with E-state index in [0.29, 0.717) is 11.6 Å². The van der Waals surface area contributed by atoms with Crippen LogP contribution in [-0.2, 0) is 36.7 Å². The molecule has 0 amide bonds. The molecule has 1 radical (unpaired) electrons. The number of hydrogen-bond acceptors (Lipinski definition) is 6. The van der Waals surface area contributed by atoms with Crippen molar-refractivity contribution in [1.29, 1.82) is 0 Å². The molecule has 5 rings (SSSR count). The molecule has 7 heteroatoms. The predicted octanol–water partition coefficient (Wildman–Crippen LogP) is 11.3. The molecular weight excluding hydrogens is 787 g/mol. The number of pyridine rings is 1. The van der Waals surface area contributed by atoms with Crippen molar-refractivity contribution >= 4 is 27.7 Å². The Morgan fingerprint density at radius 2 is 1.53 bits per heavy atom. The van der Waals surface area contributed by atoms with E-state index in [1.54, 1.807) is 6.33 Å². The van der Waals surface area contributed by atoms with Gasteiger partial charge < -0.3 is 9.52 Å². The van der Waals surface area contributed by atoms with Crippen molar-refractivity contribution in [3.05, 3.63) is 90.1 Å². The number of rotatable bonds is 11. The SMILES string of the molecule is CC(C)Cc1cc2ccc(-c3cc(-c4[c-]c5ccccc5c(C(C)(C)C)c4)ncn3)nc2o1.CCC(CC)C(=O)/C=C(\O)C(CC)CC.[Ir]. The van der Waals surface area contributed by atoms with Crippen LogP contribution in [0.25, 0.3) is 44.5 Å². The molecule has 0 aliphatic heterocycles. The van der Waals surface area contributed by atoms with Gasteiger partial charge in [-0.2, -0.15) is 0 Å². The molecule has 263 valence electrons. The van der Waals surface area contributed by atoms with Crippen LogP contribution >= 0.6 is 0 Å². The van der Waals surface area contributed by atoms with Crippen LogP contribution in [0.5, 0.6) is 0 Å². The largest absolute Gasteiger partial charge is 0.512 e. The molecule has 0 spiro atoms. The molecule has 0 saturated heterocycles. The Bertz CT molecular complexity index is 1860. The molecule has 0 aliphatic carbocycles. The van der Waals surface area contributed by atoms with E-state index in [0.717, 1.165) is 71.3 Å². The van der Waals surface area contributed by atoms with Crippen molar-refractivity contribution in [3.63, 3.8) is 0 Å². The Kier molecular flexibility index (Phi) is 14.5. The number of furan rings is 1. The number of hydrogen-bond donors (Lipinski definition) is 1. The molecule has 6 nitrogen and oxygen atoms in total. The molecular formula is C42H52IrN3O3-. The summed E-state index contributed by atoms with van der Waals surface area (Å²) in [6.07, 6.45) is 7.41. The van der Waals surface area contributed by atoms with Crippen molar-refractivity contribution in [2.45, 2.75) is 99.8 Å². The summed E-state index contributed by atoms with van der Waals surface area (Å²) in [6.45, 7) is 19.1. The number of benzene rings is 2. The number of ketones is 1. The standard InChI is InChI=1S/C29H28N3O.C13H24O2.Ir/c1-18(2)12-22-14-20-10-11-25(32-28(20)33-22)27-16-26(30-17-31-27)21-13-19-8-6-7-9-23(19)24(15-21)29(3,4)5;1-5-10(6-2)12(14)9-13(15)11(7-3)8-4;/h6-11,14-18H,12H2,1-5H3;9-11,14H,5-8H2,1-4H3;/q-1;;/b;12-9-;. The van der Waals surface area contributed by atoms with Crippen LogP contribution < -0.4 is 0 Å².